The van der Waals surface area contributed by atoms with Crippen molar-refractivity contribution in [2.24, 2.45) is 5.92 Å². The van der Waals surface area contributed by atoms with Crippen LogP contribution in [-0.4, -0.2) is 67.7 Å². The molecule has 0 N–H and O–H groups in total. The van der Waals surface area contributed by atoms with E-state index in [0.717, 1.165) is 31.4 Å². The van der Waals surface area contributed by atoms with Gasteiger partial charge in [-0.05, 0) is 48.4 Å². The summed E-state index contributed by atoms with van der Waals surface area (Å²) in [6.07, 6.45) is 2.74. The second kappa shape index (κ2) is 11.2. The van der Waals surface area contributed by atoms with Gasteiger partial charge >= 0.3 is 0 Å². The van der Waals surface area contributed by atoms with Crippen LogP contribution in [0.2, 0.25) is 0 Å². The van der Waals surface area contributed by atoms with Crippen LogP contribution in [0.3, 0.4) is 0 Å². The quantitative estimate of drug-likeness (QED) is 0.537. The molecule has 0 aliphatic carbocycles. The number of carbonyl (C=O) groups excluding carboxylic acids is 2. The average molecular weight is 487 g/mol. The number of hydrogen-bond acceptors (Lipinski definition) is 6. The molecule has 34 heavy (non-hydrogen) atoms. The molecule has 0 saturated carbocycles. The van der Waals surface area contributed by atoms with Crippen LogP contribution in [0.5, 0.6) is 11.5 Å². The van der Waals surface area contributed by atoms with Gasteiger partial charge in [-0.1, -0.05) is 26.0 Å². The number of methoxy groups -OCH3 is 1. The van der Waals surface area contributed by atoms with Crippen LogP contribution < -0.4 is 9.47 Å². The molecule has 1 aromatic heterocycles. The van der Waals surface area contributed by atoms with Crippen molar-refractivity contribution in [3.05, 3.63) is 46.2 Å². The highest BCUT2D eigenvalue weighted by Crippen LogP contribution is 2.35. The normalized spacial score (nSPS) is 19.7. The number of ether oxygens (including phenoxy) is 3. The minimum atomic E-state index is -0.217. The molecule has 7 nitrogen and oxygen atoms in total. The Morgan fingerprint density at radius 3 is 2.74 bits per heavy atom. The lowest BCUT2D eigenvalue weighted by Gasteiger charge is -2.37. The number of amides is 2. The van der Waals surface area contributed by atoms with Gasteiger partial charge in [0.05, 0.1) is 25.8 Å². The summed E-state index contributed by atoms with van der Waals surface area (Å²) in [5.74, 6) is 1.06. The molecule has 0 bridgehead atoms. The van der Waals surface area contributed by atoms with Gasteiger partial charge in [0.1, 0.15) is 6.61 Å². The number of benzene rings is 1. The summed E-state index contributed by atoms with van der Waals surface area (Å²) in [7, 11) is 1.62. The summed E-state index contributed by atoms with van der Waals surface area (Å²) < 4.78 is 17.3. The number of hydrogen-bond donors (Lipinski definition) is 0. The number of fused-ring (bicyclic) bond motifs is 1. The third-order valence-electron chi connectivity index (χ3n) is 6.46. The molecule has 2 amide bonds. The molecule has 2 aliphatic heterocycles. The smallest absolute Gasteiger partial charge is 0.242 e. The van der Waals surface area contributed by atoms with Gasteiger partial charge in [0.25, 0.3) is 0 Å². The zero-order valence-electron chi connectivity index (χ0n) is 20.2. The SMILES string of the molecule is COc1ccccc1OC[C@@H]1c2ccsc2CCN1C(=O)CN(C[C@@H]1CCCO1)C(=O)C(C)C. The standard InChI is InChI=1S/C26H34N2O5S/c1-18(2)26(30)27(15-19-7-6-13-32-19)16-25(29)28-12-10-24-20(11-14-34-24)21(28)17-33-23-9-5-4-8-22(23)31-3/h4-5,8-9,11,14,18-19,21H,6-7,10,12-13,15-17H2,1-3H3/t19-,21+/m0/s1. The number of rotatable bonds is 9. The summed E-state index contributed by atoms with van der Waals surface area (Å²) in [5, 5.41) is 2.07. The summed E-state index contributed by atoms with van der Waals surface area (Å²) in [5.41, 5.74) is 1.13. The van der Waals surface area contributed by atoms with E-state index in [-0.39, 0.29) is 36.4 Å². The molecule has 4 rings (SSSR count). The van der Waals surface area contributed by atoms with E-state index in [1.807, 2.05) is 43.0 Å². The Kier molecular flexibility index (Phi) is 8.11. The summed E-state index contributed by atoms with van der Waals surface area (Å²) >= 11 is 1.72. The van der Waals surface area contributed by atoms with E-state index in [2.05, 4.69) is 11.4 Å². The molecule has 184 valence electrons. The van der Waals surface area contributed by atoms with Crippen LogP contribution >= 0.6 is 11.3 Å². The van der Waals surface area contributed by atoms with E-state index < -0.39 is 0 Å². The minimum absolute atomic E-state index is 0.00464. The highest BCUT2D eigenvalue weighted by Gasteiger charge is 2.34. The lowest BCUT2D eigenvalue weighted by atomic mass is 10.00. The third kappa shape index (κ3) is 5.55. The number of nitrogens with zero attached hydrogens (tertiary/aromatic N) is 2. The van der Waals surface area contributed by atoms with E-state index >= 15 is 0 Å². The predicted molar refractivity (Wildman–Crippen MR) is 131 cm³/mol. The fraction of sp³-hybridized carbons (Fsp3) is 0.538. The summed E-state index contributed by atoms with van der Waals surface area (Å²) in [6.45, 7) is 5.91. The molecule has 1 saturated heterocycles. The molecule has 2 aromatic rings. The van der Waals surface area contributed by atoms with Crippen LogP contribution in [0.4, 0.5) is 0 Å². The number of thiophene rings is 1. The average Bonchev–Trinajstić information content (AvgIpc) is 3.53. The van der Waals surface area contributed by atoms with Gasteiger partial charge in [-0.15, -0.1) is 11.3 Å². The topological polar surface area (TPSA) is 68.3 Å². The fourth-order valence-electron chi connectivity index (χ4n) is 4.67. The molecule has 8 heteroatoms. The Hall–Kier alpha value is -2.58. The maximum absolute atomic E-state index is 13.6. The molecule has 0 unspecified atom stereocenters. The maximum Gasteiger partial charge on any atom is 0.242 e. The predicted octanol–water partition coefficient (Wildman–Crippen LogP) is 3.93. The first-order valence-electron chi connectivity index (χ1n) is 12.0. The van der Waals surface area contributed by atoms with Gasteiger partial charge in [0.15, 0.2) is 11.5 Å². The number of para-hydroxylation sites is 2. The Morgan fingerprint density at radius 1 is 1.24 bits per heavy atom. The lowest BCUT2D eigenvalue weighted by Crippen LogP contribution is -2.50. The van der Waals surface area contributed by atoms with Crippen molar-refractivity contribution < 1.29 is 23.8 Å². The van der Waals surface area contributed by atoms with Crippen molar-refractivity contribution in [1.29, 1.82) is 0 Å². The van der Waals surface area contributed by atoms with Gasteiger partial charge in [-0.2, -0.15) is 0 Å². The first-order valence-corrected chi connectivity index (χ1v) is 12.9. The van der Waals surface area contributed by atoms with Crippen LogP contribution in [0.15, 0.2) is 35.7 Å². The van der Waals surface area contributed by atoms with Crippen molar-refractivity contribution in [1.82, 2.24) is 9.80 Å². The molecule has 2 aliphatic rings. The molecule has 1 fully saturated rings. The van der Waals surface area contributed by atoms with Gasteiger partial charge < -0.3 is 24.0 Å². The van der Waals surface area contributed by atoms with Crippen molar-refractivity contribution in [2.45, 2.75) is 45.3 Å². The molecular weight excluding hydrogens is 452 g/mol. The molecule has 1 aromatic carbocycles. The van der Waals surface area contributed by atoms with E-state index in [9.17, 15) is 9.59 Å². The lowest BCUT2D eigenvalue weighted by molar-refractivity contribution is -0.145. The van der Waals surface area contributed by atoms with Crippen LogP contribution in [-0.2, 0) is 20.7 Å². The van der Waals surface area contributed by atoms with E-state index in [0.29, 0.717) is 31.2 Å². The Morgan fingerprint density at radius 2 is 2.03 bits per heavy atom. The minimum Gasteiger partial charge on any atom is -0.493 e. The van der Waals surface area contributed by atoms with Crippen LogP contribution in [0, 0.1) is 5.92 Å². The zero-order chi connectivity index (χ0) is 24.1. The molecular formula is C26H34N2O5S. The van der Waals surface area contributed by atoms with E-state index in [4.69, 9.17) is 14.2 Å². The monoisotopic (exact) mass is 486 g/mol. The number of carbonyl (C=O) groups is 2. The molecule has 0 radical (unpaired) electrons. The Bertz CT molecular complexity index is 985. The zero-order valence-corrected chi connectivity index (χ0v) is 21.0. The van der Waals surface area contributed by atoms with Crippen molar-refractivity contribution in [3.63, 3.8) is 0 Å². The molecule has 0 spiro atoms. The third-order valence-corrected chi connectivity index (χ3v) is 7.46. The van der Waals surface area contributed by atoms with Crippen LogP contribution in [0.1, 0.15) is 43.2 Å². The largest absolute Gasteiger partial charge is 0.493 e. The first-order chi connectivity index (χ1) is 16.5. The van der Waals surface area contributed by atoms with Gasteiger partial charge in [0, 0.05) is 30.5 Å². The van der Waals surface area contributed by atoms with Gasteiger partial charge in [0.2, 0.25) is 11.8 Å². The highest BCUT2D eigenvalue weighted by atomic mass is 32.1. The van der Waals surface area contributed by atoms with Crippen molar-refractivity contribution in [3.8, 4) is 11.5 Å². The van der Waals surface area contributed by atoms with Crippen LogP contribution in [0.25, 0.3) is 0 Å². The fourth-order valence-corrected chi connectivity index (χ4v) is 5.60. The molecule has 3 heterocycles. The van der Waals surface area contributed by atoms with E-state index in [1.165, 1.54) is 4.88 Å². The maximum atomic E-state index is 13.6. The Balaban J connectivity index is 1.51. The van der Waals surface area contributed by atoms with E-state index in [1.54, 1.807) is 23.3 Å². The summed E-state index contributed by atoms with van der Waals surface area (Å²) in [4.78, 5) is 31.4. The molecule has 2 atom stereocenters. The van der Waals surface area contributed by atoms with Gasteiger partial charge in [-0.25, -0.2) is 0 Å². The van der Waals surface area contributed by atoms with Crippen molar-refractivity contribution >= 4 is 23.2 Å². The van der Waals surface area contributed by atoms with Crippen molar-refractivity contribution in [2.75, 3.05) is 40.0 Å². The Labute approximate surface area is 205 Å². The second-order valence-electron chi connectivity index (χ2n) is 9.12. The second-order valence-corrected chi connectivity index (χ2v) is 10.1. The van der Waals surface area contributed by atoms with Gasteiger partial charge in [-0.3, -0.25) is 9.59 Å². The highest BCUT2D eigenvalue weighted by molar-refractivity contribution is 7.10. The first kappa shape index (κ1) is 24.5. The summed E-state index contributed by atoms with van der Waals surface area (Å²) in [6, 6.07) is 9.39.